The number of carbonyl (C=O) groups excluding carboxylic acids is 1. The number of benzene rings is 1. The lowest BCUT2D eigenvalue weighted by molar-refractivity contribution is -0.0228. The van der Waals surface area contributed by atoms with E-state index in [1.807, 2.05) is 37.3 Å². The van der Waals surface area contributed by atoms with Gasteiger partial charge < -0.3 is 15.2 Å². The maximum Gasteiger partial charge on any atom is 0.407 e. The Hall–Kier alpha value is -1.55. The van der Waals surface area contributed by atoms with E-state index in [0.29, 0.717) is 18.9 Å². The standard InChI is InChI=1S/C18H27NO3/c1-18(21,16-10-6-3-7-11-16)12-13-19-17(20)22-14-15-8-4-2-5-9-15/h2,4-5,8-9,16,21H,3,6-7,10-14H2,1H3,(H,19,20). The van der Waals surface area contributed by atoms with Gasteiger partial charge in [-0.15, -0.1) is 0 Å². The first-order valence-corrected chi connectivity index (χ1v) is 8.25. The Morgan fingerprint density at radius 3 is 2.64 bits per heavy atom. The fraction of sp³-hybridized carbons (Fsp3) is 0.611. The molecule has 0 spiro atoms. The molecule has 0 radical (unpaired) electrons. The van der Waals surface area contributed by atoms with Gasteiger partial charge in [0.1, 0.15) is 6.61 Å². The second-order valence-corrected chi connectivity index (χ2v) is 6.43. The molecule has 1 aliphatic carbocycles. The number of nitrogens with one attached hydrogen (secondary N) is 1. The Morgan fingerprint density at radius 2 is 1.95 bits per heavy atom. The summed E-state index contributed by atoms with van der Waals surface area (Å²) in [5.74, 6) is 0.350. The van der Waals surface area contributed by atoms with Gasteiger partial charge in [0.15, 0.2) is 0 Å². The number of aliphatic hydroxyl groups is 1. The monoisotopic (exact) mass is 305 g/mol. The number of alkyl carbamates (subject to hydrolysis) is 1. The summed E-state index contributed by atoms with van der Waals surface area (Å²) in [6.07, 6.45) is 6.00. The zero-order valence-corrected chi connectivity index (χ0v) is 13.4. The van der Waals surface area contributed by atoms with Crippen LogP contribution in [0.15, 0.2) is 30.3 Å². The highest BCUT2D eigenvalue weighted by Crippen LogP contribution is 2.34. The number of ether oxygens (including phenoxy) is 1. The van der Waals surface area contributed by atoms with Crippen LogP contribution < -0.4 is 5.32 Å². The van der Waals surface area contributed by atoms with E-state index in [2.05, 4.69) is 5.32 Å². The molecule has 1 unspecified atom stereocenters. The predicted molar refractivity (Wildman–Crippen MR) is 86.4 cm³/mol. The molecule has 4 nitrogen and oxygen atoms in total. The van der Waals surface area contributed by atoms with Gasteiger partial charge in [0, 0.05) is 6.54 Å². The summed E-state index contributed by atoms with van der Waals surface area (Å²) in [5, 5.41) is 13.3. The first kappa shape index (κ1) is 16.8. The van der Waals surface area contributed by atoms with Crippen molar-refractivity contribution in [1.29, 1.82) is 0 Å². The van der Waals surface area contributed by atoms with Crippen molar-refractivity contribution in [3.05, 3.63) is 35.9 Å². The van der Waals surface area contributed by atoms with Gasteiger partial charge in [-0.2, -0.15) is 0 Å². The van der Waals surface area contributed by atoms with Crippen molar-refractivity contribution in [2.24, 2.45) is 5.92 Å². The fourth-order valence-corrected chi connectivity index (χ4v) is 3.12. The molecule has 122 valence electrons. The normalized spacial score (nSPS) is 18.5. The van der Waals surface area contributed by atoms with E-state index in [9.17, 15) is 9.90 Å². The summed E-state index contributed by atoms with van der Waals surface area (Å²) >= 11 is 0. The fourth-order valence-electron chi connectivity index (χ4n) is 3.12. The molecule has 1 aromatic carbocycles. The van der Waals surface area contributed by atoms with Gasteiger partial charge in [-0.05, 0) is 37.7 Å². The second-order valence-electron chi connectivity index (χ2n) is 6.43. The van der Waals surface area contributed by atoms with Crippen molar-refractivity contribution in [3.8, 4) is 0 Å². The summed E-state index contributed by atoms with van der Waals surface area (Å²) in [7, 11) is 0. The summed E-state index contributed by atoms with van der Waals surface area (Å²) in [5.41, 5.74) is 0.263. The maximum absolute atomic E-state index is 11.7. The second kappa shape index (κ2) is 8.18. The van der Waals surface area contributed by atoms with Crippen LogP contribution >= 0.6 is 0 Å². The minimum atomic E-state index is -0.701. The number of hydrogen-bond donors (Lipinski definition) is 2. The van der Waals surface area contributed by atoms with E-state index in [0.717, 1.165) is 18.4 Å². The third-order valence-electron chi connectivity index (χ3n) is 4.60. The lowest BCUT2D eigenvalue weighted by atomic mass is 9.76. The smallest absolute Gasteiger partial charge is 0.407 e. The average molecular weight is 305 g/mol. The Labute approximate surface area is 132 Å². The Balaban J connectivity index is 1.65. The zero-order valence-electron chi connectivity index (χ0n) is 13.4. The Bertz CT molecular complexity index is 453. The highest BCUT2D eigenvalue weighted by molar-refractivity contribution is 5.67. The third kappa shape index (κ3) is 5.34. The van der Waals surface area contributed by atoms with E-state index >= 15 is 0 Å². The van der Waals surface area contributed by atoms with Crippen molar-refractivity contribution in [2.75, 3.05) is 6.54 Å². The molecule has 1 aliphatic rings. The van der Waals surface area contributed by atoms with Crippen molar-refractivity contribution >= 4 is 6.09 Å². The molecule has 1 fully saturated rings. The largest absolute Gasteiger partial charge is 0.445 e. The van der Waals surface area contributed by atoms with Crippen LogP contribution in [0.5, 0.6) is 0 Å². The molecule has 0 saturated heterocycles. The molecular formula is C18H27NO3. The van der Waals surface area contributed by atoms with Crippen LogP contribution in [0.3, 0.4) is 0 Å². The predicted octanol–water partition coefficient (Wildman–Crippen LogP) is 3.63. The van der Waals surface area contributed by atoms with Gasteiger partial charge in [-0.25, -0.2) is 4.79 Å². The Kier molecular flexibility index (Phi) is 6.25. The summed E-state index contributed by atoms with van der Waals surface area (Å²) < 4.78 is 5.16. The van der Waals surface area contributed by atoms with Crippen LogP contribution in [0.1, 0.15) is 51.0 Å². The zero-order chi connectivity index (χ0) is 15.8. The summed E-state index contributed by atoms with van der Waals surface area (Å²) in [6, 6.07) is 9.59. The van der Waals surface area contributed by atoms with Gasteiger partial charge in [0.05, 0.1) is 5.60 Å². The highest BCUT2D eigenvalue weighted by Gasteiger charge is 2.32. The van der Waals surface area contributed by atoms with Crippen molar-refractivity contribution in [2.45, 2.75) is 57.7 Å². The van der Waals surface area contributed by atoms with E-state index in [1.54, 1.807) is 0 Å². The van der Waals surface area contributed by atoms with E-state index in [-0.39, 0.29) is 6.61 Å². The van der Waals surface area contributed by atoms with Gasteiger partial charge in [0.2, 0.25) is 0 Å². The van der Waals surface area contributed by atoms with Crippen molar-refractivity contribution in [1.82, 2.24) is 5.32 Å². The number of carbonyl (C=O) groups is 1. The minimum absolute atomic E-state index is 0.270. The minimum Gasteiger partial charge on any atom is -0.445 e. The first-order valence-electron chi connectivity index (χ1n) is 8.25. The number of rotatable bonds is 6. The molecule has 4 heteroatoms. The number of hydrogen-bond acceptors (Lipinski definition) is 3. The topological polar surface area (TPSA) is 58.6 Å². The van der Waals surface area contributed by atoms with Crippen LogP contribution in [0.2, 0.25) is 0 Å². The maximum atomic E-state index is 11.7. The Morgan fingerprint density at radius 1 is 1.27 bits per heavy atom. The highest BCUT2D eigenvalue weighted by atomic mass is 16.5. The summed E-state index contributed by atoms with van der Waals surface area (Å²) in [4.78, 5) is 11.7. The van der Waals surface area contributed by atoms with Crippen LogP contribution in [-0.4, -0.2) is 23.3 Å². The van der Waals surface area contributed by atoms with Crippen molar-refractivity contribution < 1.29 is 14.6 Å². The molecule has 1 saturated carbocycles. The SMILES string of the molecule is CC(O)(CCNC(=O)OCc1ccccc1)C1CCCCC1. The molecule has 2 N–H and O–H groups in total. The molecule has 2 rings (SSSR count). The van der Waals surface area contributed by atoms with Crippen molar-refractivity contribution in [3.63, 3.8) is 0 Å². The van der Waals surface area contributed by atoms with Gasteiger partial charge in [0.25, 0.3) is 0 Å². The van der Waals surface area contributed by atoms with Crippen LogP contribution in [0, 0.1) is 5.92 Å². The quantitative estimate of drug-likeness (QED) is 0.843. The van der Waals surface area contributed by atoms with Gasteiger partial charge >= 0.3 is 6.09 Å². The molecular weight excluding hydrogens is 278 g/mol. The molecule has 0 aromatic heterocycles. The molecule has 0 heterocycles. The summed E-state index contributed by atoms with van der Waals surface area (Å²) in [6.45, 7) is 2.60. The van der Waals surface area contributed by atoms with Gasteiger partial charge in [-0.3, -0.25) is 0 Å². The van der Waals surface area contributed by atoms with E-state index in [1.165, 1.54) is 19.3 Å². The molecule has 22 heavy (non-hydrogen) atoms. The first-order chi connectivity index (χ1) is 10.6. The van der Waals surface area contributed by atoms with Crippen LogP contribution in [0.4, 0.5) is 4.79 Å². The average Bonchev–Trinajstić information content (AvgIpc) is 2.54. The van der Waals surface area contributed by atoms with Gasteiger partial charge in [-0.1, -0.05) is 49.6 Å². The molecule has 1 atom stereocenters. The third-order valence-corrected chi connectivity index (χ3v) is 4.60. The van der Waals surface area contributed by atoms with Crippen LogP contribution in [-0.2, 0) is 11.3 Å². The molecule has 1 amide bonds. The molecule has 0 bridgehead atoms. The molecule has 1 aromatic rings. The van der Waals surface area contributed by atoms with E-state index < -0.39 is 11.7 Å². The lowest BCUT2D eigenvalue weighted by Gasteiger charge is -2.35. The van der Waals surface area contributed by atoms with Crippen LogP contribution in [0.25, 0.3) is 0 Å². The number of amides is 1. The van der Waals surface area contributed by atoms with E-state index in [4.69, 9.17) is 4.74 Å². The lowest BCUT2D eigenvalue weighted by Crippen LogP contribution is -2.39. The molecule has 0 aliphatic heterocycles.